The minimum absolute atomic E-state index is 0.0726. The lowest BCUT2D eigenvalue weighted by atomic mass is 9.90. The number of benzene rings is 1. The molecule has 2 unspecified atom stereocenters. The Morgan fingerprint density at radius 3 is 2.80 bits per heavy atom. The minimum atomic E-state index is 0.0726. The van der Waals surface area contributed by atoms with Crippen LogP contribution >= 0.6 is 0 Å². The highest BCUT2D eigenvalue weighted by Crippen LogP contribution is 2.28. The number of nitrogens with one attached hydrogen (secondary N) is 2. The molecule has 20 heavy (non-hydrogen) atoms. The zero-order valence-electron chi connectivity index (χ0n) is 13.0. The van der Waals surface area contributed by atoms with Crippen LogP contribution in [0.5, 0.6) is 0 Å². The minimum Gasteiger partial charge on any atom is -0.325 e. The summed E-state index contributed by atoms with van der Waals surface area (Å²) >= 11 is 0. The van der Waals surface area contributed by atoms with E-state index in [2.05, 4.69) is 56.5 Å². The summed E-state index contributed by atoms with van der Waals surface area (Å²) in [6.07, 6.45) is 2.05. The van der Waals surface area contributed by atoms with E-state index in [-0.39, 0.29) is 17.9 Å². The van der Waals surface area contributed by atoms with Crippen LogP contribution in [0.3, 0.4) is 0 Å². The molecule has 1 amide bonds. The van der Waals surface area contributed by atoms with Crippen LogP contribution in [0.1, 0.15) is 50.7 Å². The number of piperidine rings is 1. The molecule has 2 rings (SSSR count). The maximum atomic E-state index is 12.6. The SMILES string of the molecule is Cc1cccc(C(C)C)c1NC(=O)C1CCCNC1C. The third-order valence-corrected chi connectivity index (χ3v) is 4.27. The second kappa shape index (κ2) is 6.40. The lowest BCUT2D eigenvalue weighted by molar-refractivity contribution is -0.121. The number of aryl methyl sites for hydroxylation is 1. The van der Waals surface area contributed by atoms with Crippen molar-refractivity contribution in [1.29, 1.82) is 0 Å². The molecule has 1 saturated heterocycles. The second-order valence-electron chi connectivity index (χ2n) is 6.17. The Morgan fingerprint density at radius 1 is 1.40 bits per heavy atom. The first kappa shape index (κ1) is 15.0. The molecule has 3 heteroatoms. The number of rotatable bonds is 3. The Labute approximate surface area is 122 Å². The third kappa shape index (κ3) is 3.21. The second-order valence-corrected chi connectivity index (χ2v) is 6.17. The first-order valence-electron chi connectivity index (χ1n) is 7.64. The molecule has 1 aliphatic rings. The van der Waals surface area contributed by atoms with E-state index in [1.807, 2.05) is 0 Å². The zero-order valence-corrected chi connectivity index (χ0v) is 13.0. The number of para-hydroxylation sites is 1. The smallest absolute Gasteiger partial charge is 0.229 e. The van der Waals surface area contributed by atoms with Gasteiger partial charge in [0.2, 0.25) is 5.91 Å². The van der Waals surface area contributed by atoms with Gasteiger partial charge in [0.25, 0.3) is 0 Å². The molecule has 0 aliphatic carbocycles. The summed E-state index contributed by atoms with van der Waals surface area (Å²) in [6, 6.07) is 6.49. The Bertz CT molecular complexity index is 482. The molecule has 1 aromatic carbocycles. The van der Waals surface area contributed by atoms with Gasteiger partial charge in [0.15, 0.2) is 0 Å². The maximum Gasteiger partial charge on any atom is 0.229 e. The molecule has 0 saturated carbocycles. The molecule has 0 bridgehead atoms. The summed E-state index contributed by atoms with van der Waals surface area (Å²) in [6.45, 7) is 9.51. The number of carbonyl (C=O) groups excluding carboxylic acids is 1. The van der Waals surface area contributed by atoms with Gasteiger partial charge < -0.3 is 10.6 Å². The van der Waals surface area contributed by atoms with E-state index < -0.39 is 0 Å². The van der Waals surface area contributed by atoms with Gasteiger partial charge >= 0.3 is 0 Å². The van der Waals surface area contributed by atoms with E-state index in [1.54, 1.807) is 0 Å². The lowest BCUT2D eigenvalue weighted by Crippen LogP contribution is -2.44. The predicted octanol–water partition coefficient (Wildman–Crippen LogP) is 3.45. The number of anilines is 1. The highest BCUT2D eigenvalue weighted by Gasteiger charge is 2.28. The van der Waals surface area contributed by atoms with Crippen LogP contribution < -0.4 is 10.6 Å². The fraction of sp³-hybridized carbons (Fsp3) is 0.588. The van der Waals surface area contributed by atoms with Crippen LogP contribution in [0.15, 0.2) is 18.2 Å². The molecule has 0 radical (unpaired) electrons. The van der Waals surface area contributed by atoms with E-state index in [0.29, 0.717) is 5.92 Å². The third-order valence-electron chi connectivity index (χ3n) is 4.27. The zero-order chi connectivity index (χ0) is 14.7. The Hall–Kier alpha value is -1.35. The number of hydrogen-bond donors (Lipinski definition) is 2. The summed E-state index contributed by atoms with van der Waals surface area (Å²) in [7, 11) is 0. The van der Waals surface area contributed by atoms with Gasteiger partial charge in [-0.25, -0.2) is 0 Å². The summed E-state index contributed by atoms with van der Waals surface area (Å²) in [5, 5.41) is 6.57. The van der Waals surface area contributed by atoms with Crippen LogP contribution in [0.2, 0.25) is 0 Å². The van der Waals surface area contributed by atoms with Gasteiger partial charge in [-0.1, -0.05) is 32.0 Å². The van der Waals surface area contributed by atoms with Crippen LogP contribution in [0, 0.1) is 12.8 Å². The van der Waals surface area contributed by atoms with Gasteiger partial charge in [-0.3, -0.25) is 4.79 Å². The molecule has 1 fully saturated rings. The molecule has 0 spiro atoms. The van der Waals surface area contributed by atoms with Crippen LogP contribution in [-0.2, 0) is 4.79 Å². The van der Waals surface area contributed by atoms with Crippen LogP contribution in [0.4, 0.5) is 5.69 Å². The van der Waals surface area contributed by atoms with Gasteiger partial charge in [0, 0.05) is 11.7 Å². The molecule has 0 aromatic heterocycles. The topological polar surface area (TPSA) is 41.1 Å². The molecule has 110 valence electrons. The van der Waals surface area contributed by atoms with Crippen LogP contribution in [0.25, 0.3) is 0 Å². The summed E-state index contributed by atoms with van der Waals surface area (Å²) < 4.78 is 0. The Morgan fingerprint density at radius 2 is 2.15 bits per heavy atom. The van der Waals surface area contributed by atoms with Crippen molar-refractivity contribution in [3.8, 4) is 0 Å². The van der Waals surface area contributed by atoms with Gasteiger partial charge in [0.1, 0.15) is 0 Å². The molecule has 2 atom stereocenters. The average molecular weight is 274 g/mol. The quantitative estimate of drug-likeness (QED) is 0.886. The highest BCUT2D eigenvalue weighted by atomic mass is 16.1. The van der Waals surface area contributed by atoms with Crippen molar-refractivity contribution in [2.24, 2.45) is 5.92 Å². The standard InChI is InChI=1S/C17H26N2O/c1-11(2)14-8-5-7-12(3)16(14)19-17(20)15-9-6-10-18-13(15)4/h5,7-8,11,13,15,18H,6,9-10H2,1-4H3,(H,19,20). The van der Waals surface area contributed by atoms with Gasteiger partial charge in [-0.05, 0) is 50.3 Å². The molecule has 3 nitrogen and oxygen atoms in total. The highest BCUT2D eigenvalue weighted by molar-refractivity contribution is 5.94. The predicted molar refractivity (Wildman–Crippen MR) is 84.1 cm³/mol. The molecule has 1 aromatic rings. The normalized spacial score (nSPS) is 22.9. The lowest BCUT2D eigenvalue weighted by Gasteiger charge is -2.29. The monoisotopic (exact) mass is 274 g/mol. The fourth-order valence-corrected chi connectivity index (χ4v) is 2.96. The largest absolute Gasteiger partial charge is 0.325 e. The maximum absolute atomic E-state index is 12.6. The van der Waals surface area contributed by atoms with Crippen molar-refractivity contribution >= 4 is 11.6 Å². The Balaban J connectivity index is 2.19. The van der Waals surface area contributed by atoms with Gasteiger partial charge in [-0.15, -0.1) is 0 Å². The van der Waals surface area contributed by atoms with Crippen LogP contribution in [-0.4, -0.2) is 18.5 Å². The van der Waals surface area contributed by atoms with Crippen molar-refractivity contribution in [2.45, 2.75) is 52.5 Å². The fourth-order valence-electron chi connectivity index (χ4n) is 2.96. The molecule has 2 N–H and O–H groups in total. The molecule has 1 aliphatic heterocycles. The number of amides is 1. The molecule has 1 heterocycles. The van der Waals surface area contributed by atoms with Crippen molar-refractivity contribution in [1.82, 2.24) is 5.32 Å². The van der Waals surface area contributed by atoms with Crippen molar-refractivity contribution < 1.29 is 4.79 Å². The summed E-state index contributed by atoms with van der Waals surface area (Å²) in [5.74, 6) is 0.636. The van der Waals surface area contributed by atoms with E-state index in [0.717, 1.165) is 30.6 Å². The average Bonchev–Trinajstić information content (AvgIpc) is 2.41. The van der Waals surface area contributed by atoms with Crippen molar-refractivity contribution in [2.75, 3.05) is 11.9 Å². The van der Waals surface area contributed by atoms with E-state index in [4.69, 9.17) is 0 Å². The Kier molecular flexibility index (Phi) is 4.81. The van der Waals surface area contributed by atoms with Crippen molar-refractivity contribution in [3.63, 3.8) is 0 Å². The van der Waals surface area contributed by atoms with Crippen molar-refractivity contribution in [3.05, 3.63) is 29.3 Å². The van der Waals surface area contributed by atoms with Gasteiger partial charge in [-0.2, -0.15) is 0 Å². The van der Waals surface area contributed by atoms with E-state index in [1.165, 1.54) is 5.56 Å². The first-order valence-corrected chi connectivity index (χ1v) is 7.64. The van der Waals surface area contributed by atoms with E-state index in [9.17, 15) is 4.79 Å². The number of carbonyl (C=O) groups is 1. The van der Waals surface area contributed by atoms with E-state index >= 15 is 0 Å². The van der Waals surface area contributed by atoms with Gasteiger partial charge in [0.05, 0.1) is 5.92 Å². The first-order chi connectivity index (χ1) is 9.50. The molecular weight excluding hydrogens is 248 g/mol. The molecular formula is C17H26N2O. The summed E-state index contributed by atoms with van der Waals surface area (Å²) in [4.78, 5) is 12.6. The summed E-state index contributed by atoms with van der Waals surface area (Å²) in [5.41, 5.74) is 3.36. The number of hydrogen-bond acceptors (Lipinski definition) is 2.